The Morgan fingerprint density at radius 1 is 1.24 bits per heavy atom. The number of benzene rings is 2. The van der Waals surface area contributed by atoms with Crippen molar-refractivity contribution in [3.63, 3.8) is 0 Å². The second-order valence-electron chi connectivity index (χ2n) is 5.99. The predicted octanol–water partition coefficient (Wildman–Crippen LogP) is 3.91. The topological polar surface area (TPSA) is 49.4 Å². The van der Waals surface area contributed by atoms with Crippen LogP contribution in [0.5, 0.6) is 0 Å². The third-order valence-corrected chi connectivity index (χ3v) is 5.33. The monoisotopic (exact) mass is 374 g/mol. The molecule has 1 fully saturated rings. The second-order valence-corrected chi connectivity index (χ2v) is 7.27. The number of nitrogens with zero attached hydrogens (tertiary/aromatic N) is 1. The molecule has 3 rings (SSSR count). The van der Waals surface area contributed by atoms with Crippen LogP contribution in [-0.4, -0.2) is 30.7 Å². The minimum atomic E-state index is -0.525. The molecule has 1 aliphatic heterocycles. The molecule has 2 aromatic rings. The molecule has 0 bridgehead atoms. The number of thioether (sulfide) groups is 1. The molecule has 1 aliphatic rings. The predicted molar refractivity (Wildman–Crippen MR) is 103 cm³/mol. The van der Waals surface area contributed by atoms with Crippen molar-refractivity contribution in [3.05, 3.63) is 58.6 Å². The zero-order valence-electron chi connectivity index (χ0n) is 14.1. The number of halogens is 1. The first-order valence-electron chi connectivity index (χ1n) is 8.02. The van der Waals surface area contributed by atoms with Crippen molar-refractivity contribution >= 4 is 40.9 Å². The van der Waals surface area contributed by atoms with Gasteiger partial charge in [-0.25, -0.2) is 0 Å². The molecular weight excluding hydrogens is 356 g/mol. The lowest BCUT2D eigenvalue weighted by Gasteiger charge is -2.17. The molecule has 1 unspecified atom stereocenters. The molecule has 4 nitrogen and oxygen atoms in total. The molecule has 2 aromatic carbocycles. The average Bonchev–Trinajstić information content (AvgIpc) is 2.96. The summed E-state index contributed by atoms with van der Waals surface area (Å²) in [4.78, 5) is 27.9. The summed E-state index contributed by atoms with van der Waals surface area (Å²) >= 11 is 7.68. The fraction of sp³-hybridized carbons (Fsp3) is 0.263. The number of hydrogen-bond acceptors (Lipinski definition) is 3. The molecule has 25 heavy (non-hydrogen) atoms. The summed E-state index contributed by atoms with van der Waals surface area (Å²) in [5.74, 6) is -0.403. The summed E-state index contributed by atoms with van der Waals surface area (Å²) in [5, 5.41) is 3.21. The quantitative estimate of drug-likeness (QED) is 0.825. The molecule has 0 spiro atoms. The van der Waals surface area contributed by atoms with Crippen LogP contribution in [-0.2, 0) is 4.79 Å². The number of nitrogens with one attached hydrogen (secondary N) is 1. The van der Waals surface area contributed by atoms with Gasteiger partial charge in [0, 0.05) is 17.1 Å². The Morgan fingerprint density at radius 3 is 2.64 bits per heavy atom. The van der Waals surface area contributed by atoms with E-state index in [4.69, 9.17) is 11.6 Å². The van der Waals surface area contributed by atoms with Crippen LogP contribution in [0.25, 0.3) is 0 Å². The van der Waals surface area contributed by atoms with Crippen molar-refractivity contribution < 1.29 is 9.59 Å². The minimum absolute atomic E-state index is 0.0886. The van der Waals surface area contributed by atoms with Gasteiger partial charge in [-0.3, -0.25) is 9.59 Å². The van der Waals surface area contributed by atoms with Crippen LogP contribution in [0.15, 0.2) is 47.4 Å². The zero-order valence-corrected chi connectivity index (χ0v) is 15.7. The lowest BCUT2D eigenvalue weighted by atomic mass is 10.1. The second kappa shape index (κ2) is 7.50. The average molecular weight is 375 g/mol. The number of aryl methyl sites for hydroxylation is 1. The molecule has 0 saturated carbocycles. The Morgan fingerprint density at radius 2 is 1.96 bits per heavy atom. The van der Waals surface area contributed by atoms with Crippen LogP contribution >= 0.6 is 23.4 Å². The first-order valence-corrected chi connectivity index (χ1v) is 9.62. The van der Waals surface area contributed by atoms with Gasteiger partial charge in [0.1, 0.15) is 6.04 Å². The van der Waals surface area contributed by atoms with Crippen molar-refractivity contribution in [1.29, 1.82) is 0 Å². The van der Waals surface area contributed by atoms with Crippen LogP contribution < -0.4 is 10.2 Å². The van der Waals surface area contributed by atoms with E-state index in [1.807, 2.05) is 43.5 Å². The summed E-state index contributed by atoms with van der Waals surface area (Å²) in [5.41, 5.74) is 2.40. The van der Waals surface area contributed by atoms with Gasteiger partial charge in [0.05, 0.1) is 10.6 Å². The molecule has 1 saturated heterocycles. The van der Waals surface area contributed by atoms with E-state index in [9.17, 15) is 9.59 Å². The zero-order chi connectivity index (χ0) is 18.0. The van der Waals surface area contributed by atoms with E-state index in [-0.39, 0.29) is 11.8 Å². The highest BCUT2D eigenvalue weighted by Crippen LogP contribution is 2.25. The third kappa shape index (κ3) is 3.83. The van der Waals surface area contributed by atoms with E-state index in [0.29, 0.717) is 23.6 Å². The standard InChI is InChI=1S/C19H19ClN2O2S/c1-12-3-5-13(6-4-12)22-10-9-17(19(22)24)21-18(23)15-11-14(25-2)7-8-16(15)20/h3-8,11,17H,9-10H2,1-2H3,(H,21,23). The number of rotatable bonds is 4. The van der Waals surface area contributed by atoms with Crippen molar-refractivity contribution in [3.8, 4) is 0 Å². The summed E-state index contributed by atoms with van der Waals surface area (Å²) in [6, 6.07) is 12.6. The Kier molecular flexibility index (Phi) is 5.35. The van der Waals surface area contributed by atoms with Gasteiger partial charge in [-0.05, 0) is 49.9 Å². The summed E-state index contributed by atoms with van der Waals surface area (Å²) in [6.07, 6.45) is 2.52. The van der Waals surface area contributed by atoms with Crippen LogP contribution in [0, 0.1) is 6.92 Å². The molecule has 0 aromatic heterocycles. The van der Waals surface area contributed by atoms with Crippen molar-refractivity contribution in [2.45, 2.75) is 24.3 Å². The van der Waals surface area contributed by atoms with Crippen molar-refractivity contribution in [1.82, 2.24) is 5.32 Å². The maximum absolute atomic E-state index is 12.6. The molecular formula is C19H19ClN2O2S. The van der Waals surface area contributed by atoms with Crippen molar-refractivity contribution in [2.75, 3.05) is 17.7 Å². The maximum Gasteiger partial charge on any atom is 0.253 e. The fourth-order valence-electron chi connectivity index (χ4n) is 2.84. The molecule has 1 atom stereocenters. The van der Waals surface area contributed by atoms with Crippen molar-refractivity contribution in [2.24, 2.45) is 0 Å². The first-order chi connectivity index (χ1) is 12.0. The Hall–Kier alpha value is -1.98. The van der Waals surface area contributed by atoms with Gasteiger partial charge in [0.15, 0.2) is 0 Å². The molecule has 1 N–H and O–H groups in total. The van der Waals surface area contributed by atoms with Crippen LogP contribution in [0.1, 0.15) is 22.3 Å². The molecule has 130 valence electrons. The Bertz CT molecular complexity index is 808. The van der Waals surface area contributed by atoms with E-state index >= 15 is 0 Å². The van der Waals surface area contributed by atoms with Crippen LogP contribution in [0.4, 0.5) is 5.69 Å². The number of anilines is 1. The smallest absolute Gasteiger partial charge is 0.253 e. The highest BCUT2D eigenvalue weighted by atomic mass is 35.5. The van der Waals surface area contributed by atoms with E-state index in [1.165, 1.54) is 11.8 Å². The normalized spacial score (nSPS) is 17.0. The van der Waals surface area contributed by atoms with E-state index < -0.39 is 6.04 Å². The van der Waals surface area contributed by atoms with Gasteiger partial charge in [-0.1, -0.05) is 29.3 Å². The molecule has 1 heterocycles. The molecule has 6 heteroatoms. The highest BCUT2D eigenvalue weighted by Gasteiger charge is 2.34. The summed E-state index contributed by atoms with van der Waals surface area (Å²) < 4.78 is 0. The van der Waals surface area contributed by atoms with E-state index in [0.717, 1.165) is 16.1 Å². The SMILES string of the molecule is CSc1ccc(Cl)c(C(=O)NC2CCN(c3ccc(C)cc3)C2=O)c1. The lowest BCUT2D eigenvalue weighted by molar-refractivity contribution is -0.118. The molecule has 0 aliphatic carbocycles. The number of carbonyl (C=O) groups excluding carboxylic acids is 2. The van der Waals surface area contributed by atoms with Gasteiger partial charge < -0.3 is 10.2 Å². The molecule has 0 radical (unpaired) electrons. The number of carbonyl (C=O) groups is 2. The Balaban J connectivity index is 1.72. The van der Waals surface area contributed by atoms with Gasteiger partial charge in [-0.2, -0.15) is 0 Å². The fourth-order valence-corrected chi connectivity index (χ4v) is 3.48. The summed E-state index contributed by atoms with van der Waals surface area (Å²) in [7, 11) is 0. The minimum Gasteiger partial charge on any atom is -0.340 e. The highest BCUT2D eigenvalue weighted by molar-refractivity contribution is 7.98. The first kappa shape index (κ1) is 17.8. The van der Waals surface area contributed by atoms with Gasteiger partial charge in [0.25, 0.3) is 5.91 Å². The van der Waals surface area contributed by atoms with Crippen LogP contribution in [0.2, 0.25) is 5.02 Å². The lowest BCUT2D eigenvalue weighted by Crippen LogP contribution is -2.41. The van der Waals surface area contributed by atoms with E-state index in [1.54, 1.807) is 17.0 Å². The number of hydrogen-bond donors (Lipinski definition) is 1. The van der Waals surface area contributed by atoms with Gasteiger partial charge in [0.2, 0.25) is 5.91 Å². The third-order valence-electron chi connectivity index (χ3n) is 4.27. The van der Waals surface area contributed by atoms with Gasteiger partial charge >= 0.3 is 0 Å². The Labute approximate surface area is 156 Å². The maximum atomic E-state index is 12.6. The van der Waals surface area contributed by atoms with Gasteiger partial charge in [-0.15, -0.1) is 11.8 Å². The molecule has 2 amide bonds. The largest absolute Gasteiger partial charge is 0.340 e. The van der Waals surface area contributed by atoms with Crippen LogP contribution in [0.3, 0.4) is 0 Å². The number of amides is 2. The van der Waals surface area contributed by atoms with E-state index in [2.05, 4.69) is 5.32 Å². The summed E-state index contributed by atoms with van der Waals surface area (Å²) in [6.45, 7) is 2.59.